The molecule has 12 nitrogen and oxygen atoms in total. The number of rotatable bonds is 10. The molecule has 1 atom stereocenters. The van der Waals surface area contributed by atoms with E-state index in [9.17, 15) is 22.8 Å². The highest BCUT2D eigenvalue weighted by Gasteiger charge is 2.27. The van der Waals surface area contributed by atoms with E-state index in [1.54, 1.807) is 0 Å². The maximum absolute atomic E-state index is 15.2. The lowest BCUT2D eigenvalue weighted by Crippen LogP contribution is -2.36. The number of nitrogens with zero attached hydrogens (tertiary/aromatic N) is 10. The molecule has 0 saturated carbocycles. The van der Waals surface area contributed by atoms with Gasteiger partial charge < -0.3 is 9.94 Å². The van der Waals surface area contributed by atoms with Gasteiger partial charge in [-0.3, -0.25) is 4.68 Å². The minimum atomic E-state index is -3.06. The largest absolute Gasteiger partial charge is 0.618 e. The Labute approximate surface area is 225 Å². The Balaban J connectivity index is 1.54. The van der Waals surface area contributed by atoms with Crippen LogP contribution in [0.2, 0.25) is 5.02 Å². The van der Waals surface area contributed by atoms with Crippen molar-refractivity contribution in [3.05, 3.63) is 77.1 Å². The third kappa shape index (κ3) is 5.32. The first-order valence-corrected chi connectivity index (χ1v) is 11.7. The number of hydrogen-bond acceptors (Lipinski definition) is 8. The van der Waals surface area contributed by atoms with Crippen molar-refractivity contribution in [2.45, 2.75) is 25.6 Å². The summed E-state index contributed by atoms with van der Waals surface area (Å²) >= 11 is 5.99. The molecule has 5 aromatic rings. The Morgan fingerprint density at radius 1 is 1.02 bits per heavy atom. The van der Waals surface area contributed by atoms with E-state index in [-0.39, 0.29) is 45.2 Å². The lowest BCUT2D eigenvalue weighted by molar-refractivity contribution is -0.615. The fourth-order valence-corrected chi connectivity index (χ4v) is 4.25. The summed E-state index contributed by atoms with van der Waals surface area (Å²) in [7, 11) is 0. The highest BCUT2D eigenvalue weighted by molar-refractivity contribution is 6.31. The SMILES string of the molecule is [O-][n+]1cc(-c2c(-n3cnnn3)ccc(Cl)c2F)ccc1C(CCOC(F)F)n1cc(-c2cnnn2C(F)F)cn1. The minimum absolute atomic E-state index is 0.0168. The summed E-state index contributed by atoms with van der Waals surface area (Å²) in [4.78, 5) is 0. The van der Waals surface area contributed by atoms with E-state index in [0.29, 0.717) is 9.41 Å². The van der Waals surface area contributed by atoms with Crippen molar-refractivity contribution in [2.24, 2.45) is 0 Å². The van der Waals surface area contributed by atoms with Crippen molar-refractivity contribution in [1.82, 2.24) is 45.0 Å². The zero-order valence-electron chi connectivity index (χ0n) is 19.9. The van der Waals surface area contributed by atoms with Gasteiger partial charge in [0.05, 0.1) is 46.5 Å². The van der Waals surface area contributed by atoms with E-state index in [2.05, 4.69) is 35.7 Å². The fraction of sp³-hybridized carbons (Fsp3) is 0.227. The second kappa shape index (κ2) is 11.3. The normalized spacial score (nSPS) is 12.5. The number of hydrogen-bond donors (Lipinski definition) is 0. The molecule has 0 fully saturated rings. The van der Waals surface area contributed by atoms with Crippen LogP contribution in [0.5, 0.6) is 0 Å². The number of ether oxygens (including phenoxy) is 1. The molecule has 5 rings (SSSR count). The van der Waals surface area contributed by atoms with Crippen molar-refractivity contribution >= 4 is 11.6 Å². The van der Waals surface area contributed by atoms with Crippen LogP contribution in [-0.2, 0) is 4.74 Å². The molecule has 1 aromatic carbocycles. The number of aromatic nitrogens is 10. The predicted molar refractivity (Wildman–Crippen MR) is 126 cm³/mol. The van der Waals surface area contributed by atoms with Gasteiger partial charge in [-0.1, -0.05) is 16.8 Å². The number of tetrazole rings is 1. The molecule has 0 radical (unpaired) electrons. The zero-order chi connectivity index (χ0) is 28.4. The molecule has 4 aromatic heterocycles. The molecule has 0 spiro atoms. The quantitative estimate of drug-likeness (QED) is 0.138. The van der Waals surface area contributed by atoms with Crippen molar-refractivity contribution in [2.75, 3.05) is 6.61 Å². The van der Waals surface area contributed by atoms with E-state index in [0.717, 1.165) is 12.4 Å². The molecule has 1 unspecified atom stereocenters. The van der Waals surface area contributed by atoms with E-state index < -0.39 is 31.6 Å². The first-order valence-electron chi connectivity index (χ1n) is 11.3. The number of alkyl halides is 4. The van der Waals surface area contributed by atoms with E-state index in [1.807, 2.05) is 0 Å². The highest BCUT2D eigenvalue weighted by Crippen LogP contribution is 2.34. The summed E-state index contributed by atoms with van der Waals surface area (Å²) < 4.78 is 74.7. The Morgan fingerprint density at radius 2 is 1.85 bits per heavy atom. The van der Waals surface area contributed by atoms with Crippen molar-refractivity contribution in [3.63, 3.8) is 0 Å². The fourth-order valence-electron chi connectivity index (χ4n) is 4.10. The van der Waals surface area contributed by atoms with Gasteiger partial charge in [0, 0.05) is 24.2 Å². The molecule has 40 heavy (non-hydrogen) atoms. The summed E-state index contributed by atoms with van der Waals surface area (Å²) in [6.07, 6.45) is 5.83. The van der Waals surface area contributed by atoms with Crippen molar-refractivity contribution in [3.8, 4) is 28.1 Å². The summed E-state index contributed by atoms with van der Waals surface area (Å²) in [6, 6.07) is 4.56. The molecular weight excluding hydrogens is 567 g/mol. The lowest BCUT2D eigenvalue weighted by Gasteiger charge is -2.18. The van der Waals surface area contributed by atoms with Crippen LogP contribution in [0.15, 0.2) is 55.4 Å². The van der Waals surface area contributed by atoms with Crippen LogP contribution in [0.25, 0.3) is 28.1 Å². The predicted octanol–water partition coefficient (Wildman–Crippen LogP) is 3.82. The number of pyridine rings is 1. The van der Waals surface area contributed by atoms with Crippen molar-refractivity contribution < 1.29 is 31.4 Å². The first-order chi connectivity index (χ1) is 19.2. The summed E-state index contributed by atoms with van der Waals surface area (Å²) in [5.41, 5.74) is 0.389. The van der Waals surface area contributed by atoms with Crippen LogP contribution in [0, 0.1) is 11.0 Å². The molecule has 0 bridgehead atoms. The molecule has 208 valence electrons. The smallest absolute Gasteiger partial charge is 0.345 e. The molecule has 0 saturated heterocycles. The van der Waals surface area contributed by atoms with Gasteiger partial charge in [-0.25, -0.2) is 4.39 Å². The monoisotopic (exact) mass is 582 g/mol. The van der Waals surface area contributed by atoms with Crippen LogP contribution in [0.3, 0.4) is 0 Å². The van der Waals surface area contributed by atoms with Gasteiger partial charge in [-0.2, -0.15) is 36.8 Å². The van der Waals surface area contributed by atoms with E-state index in [4.69, 9.17) is 11.6 Å². The summed E-state index contributed by atoms with van der Waals surface area (Å²) in [6.45, 7) is -6.50. The zero-order valence-corrected chi connectivity index (χ0v) is 20.7. The van der Waals surface area contributed by atoms with Gasteiger partial charge in [0.1, 0.15) is 12.4 Å². The average Bonchev–Trinajstić information content (AvgIpc) is 3.70. The maximum atomic E-state index is 15.2. The van der Waals surface area contributed by atoms with Gasteiger partial charge in [-0.15, -0.1) is 10.2 Å². The van der Waals surface area contributed by atoms with Gasteiger partial charge in [0.2, 0.25) is 5.69 Å². The van der Waals surface area contributed by atoms with E-state index >= 15 is 4.39 Å². The third-order valence-corrected chi connectivity index (χ3v) is 6.15. The van der Waals surface area contributed by atoms with Crippen LogP contribution >= 0.6 is 11.6 Å². The standard InChI is InChI=1S/C22H16ClF5N10O2/c23-14-2-4-17(36-11-30-32-34-36)19(20(14)24)12-1-3-16(37(39)10-12)15(5-6-40-22(27)28)35-9-13(7-31-35)18-8-29-33-38(18)21(25)26/h1-4,7-11,15,21-22H,5-6H2. The highest BCUT2D eigenvalue weighted by atomic mass is 35.5. The molecule has 0 aliphatic carbocycles. The third-order valence-electron chi connectivity index (χ3n) is 5.85. The van der Waals surface area contributed by atoms with Crippen LogP contribution in [0.1, 0.15) is 24.7 Å². The molecule has 0 aliphatic heterocycles. The maximum Gasteiger partial charge on any atom is 0.345 e. The minimum Gasteiger partial charge on any atom is -0.618 e. The number of benzene rings is 1. The topological polar surface area (TPSA) is 128 Å². The molecular formula is C22H16ClF5N10O2. The molecule has 0 amide bonds. The van der Waals surface area contributed by atoms with Crippen LogP contribution in [-0.4, -0.2) is 58.2 Å². The van der Waals surface area contributed by atoms with E-state index in [1.165, 1.54) is 52.4 Å². The van der Waals surface area contributed by atoms with Crippen LogP contribution in [0.4, 0.5) is 22.0 Å². The second-order valence-electron chi connectivity index (χ2n) is 8.16. The Hall–Kier alpha value is -4.51. The Kier molecular flexibility index (Phi) is 7.65. The average molecular weight is 583 g/mol. The second-order valence-corrected chi connectivity index (χ2v) is 8.57. The molecule has 0 N–H and O–H groups in total. The lowest BCUT2D eigenvalue weighted by atomic mass is 10.0. The van der Waals surface area contributed by atoms with Gasteiger partial charge >= 0.3 is 13.2 Å². The van der Waals surface area contributed by atoms with Gasteiger partial charge in [0.25, 0.3) is 0 Å². The Bertz CT molecular complexity index is 1610. The van der Waals surface area contributed by atoms with Crippen LogP contribution < -0.4 is 4.73 Å². The van der Waals surface area contributed by atoms with Gasteiger partial charge in [-0.05, 0) is 28.6 Å². The first kappa shape index (κ1) is 27.1. The summed E-state index contributed by atoms with van der Waals surface area (Å²) in [5, 5.41) is 34.8. The summed E-state index contributed by atoms with van der Waals surface area (Å²) in [5.74, 6) is -0.828. The molecule has 4 heterocycles. The Morgan fingerprint density at radius 3 is 2.55 bits per heavy atom. The molecule has 0 aliphatic rings. The molecule has 18 heteroatoms. The van der Waals surface area contributed by atoms with Gasteiger partial charge in [0.15, 0.2) is 12.0 Å². The van der Waals surface area contributed by atoms with Crippen molar-refractivity contribution in [1.29, 1.82) is 0 Å². The number of halogens is 6.